The highest BCUT2D eigenvalue weighted by molar-refractivity contribution is 6.32. The van der Waals surface area contributed by atoms with Gasteiger partial charge in [-0.15, -0.1) is 0 Å². The molecular weight excluding hydrogens is 330 g/mol. The predicted molar refractivity (Wildman–Crippen MR) is 83.1 cm³/mol. The van der Waals surface area contributed by atoms with E-state index in [1.807, 2.05) is 0 Å². The molecule has 23 heavy (non-hydrogen) atoms. The van der Waals surface area contributed by atoms with Crippen molar-refractivity contribution in [1.29, 1.82) is 0 Å². The van der Waals surface area contributed by atoms with Gasteiger partial charge in [-0.05, 0) is 38.8 Å². The third-order valence-corrected chi connectivity index (χ3v) is 4.04. The van der Waals surface area contributed by atoms with Crippen molar-refractivity contribution in [1.82, 2.24) is 4.90 Å². The van der Waals surface area contributed by atoms with E-state index in [9.17, 15) is 18.7 Å². The maximum Gasteiger partial charge on any atom is 0.387 e. The van der Waals surface area contributed by atoms with Crippen molar-refractivity contribution in [2.45, 2.75) is 44.9 Å². The standard InChI is InChI=1S/C15H19ClF2N2O3/c1-15(2,22)12-4-3-7-20(12)14(21)19-9-5-6-10(16)11(8-9)23-13(17)18/h5-6,8,12-13,22H,3-4,7H2,1-2H3,(H,19,21). The molecule has 1 unspecified atom stereocenters. The monoisotopic (exact) mass is 348 g/mol. The SMILES string of the molecule is CC(C)(O)C1CCCN1C(=O)Nc1ccc(Cl)c(OC(F)F)c1. The summed E-state index contributed by atoms with van der Waals surface area (Å²) in [5.41, 5.74) is -0.728. The number of rotatable bonds is 4. The fourth-order valence-electron chi connectivity index (χ4n) is 2.71. The molecule has 1 atom stereocenters. The minimum atomic E-state index is -3.00. The van der Waals surface area contributed by atoms with Gasteiger partial charge < -0.3 is 20.1 Å². The molecule has 1 heterocycles. The van der Waals surface area contributed by atoms with E-state index in [-0.39, 0.29) is 22.5 Å². The molecule has 2 rings (SSSR count). The van der Waals surface area contributed by atoms with Gasteiger partial charge in [0.2, 0.25) is 0 Å². The van der Waals surface area contributed by atoms with Crippen LogP contribution >= 0.6 is 11.6 Å². The quantitative estimate of drug-likeness (QED) is 0.872. The van der Waals surface area contributed by atoms with E-state index in [1.165, 1.54) is 18.2 Å². The molecule has 0 radical (unpaired) electrons. The van der Waals surface area contributed by atoms with Gasteiger partial charge in [0, 0.05) is 18.3 Å². The number of amides is 2. The van der Waals surface area contributed by atoms with Gasteiger partial charge in [0.25, 0.3) is 0 Å². The van der Waals surface area contributed by atoms with Crippen molar-refractivity contribution >= 4 is 23.3 Å². The molecule has 0 aromatic heterocycles. The summed E-state index contributed by atoms with van der Waals surface area (Å²) in [6.45, 7) is 0.825. The molecule has 0 bridgehead atoms. The van der Waals surface area contributed by atoms with E-state index in [0.717, 1.165) is 6.42 Å². The summed E-state index contributed by atoms with van der Waals surface area (Å²) in [5.74, 6) is -0.208. The zero-order valence-electron chi connectivity index (χ0n) is 12.9. The van der Waals surface area contributed by atoms with Crippen LogP contribution in [0.25, 0.3) is 0 Å². The number of alkyl halides is 2. The van der Waals surface area contributed by atoms with E-state index in [0.29, 0.717) is 13.0 Å². The maximum atomic E-state index is 12.4. The Balaban J connectivity index is 2.11. The van der Waals surface area contributed by atoms with Gasteiger partial charge >= 0.3 is 12.6 Å². The number of hydrogen-bond acceptors (Lipinski definition) is 3. The first-order valence-corrected chi connectivity index (χ1v) is 7.60. The largest absolute Gasteiger partial charge is 0.433 e. The number of hydrogen-bond donors (Lipinski definition) is 2. The van der Waals surface area contributed by atoms with Crippen LogP contribution in [0.1, 0.15) is 26.7 Å². The number of halogens is 3. The molecule has 1 aliphatic rings. The predicted octanol–water partition coefficient (Wildman–Crippen LogP) is 3.71. The molecule has 1 aromatic rings. The smallest absolute Gasteiger partial charge is 0.387 e. The first-order chi connectivity index (χ1) is 10.7. The Morgan fingerprint density at radius 3 is 2.83 bits per heavy atom. The fourth-order valence-corrected chi connectivity index (χ4v) is 2.87. The van der Waals surface area contributed by atoms with Crippen LogP contribution in [0, 0.1) is 0 Å². The maximum absolute atomic E-state index is 12.4. The molecule has 1 aromatic carbocycles. The van der Waals surface area contributed by atoms with Gasteiger partial charge in [0.05, 0.1) is 16.7 Å². The first kappa shape index (κ1) is 17.7. The van der Waals surface area contributed by atoms with Gasteiger partial charge in [-0.1, -0.05) is 11.6 Å². The number of carbonyl (C=O) groups excluding carboxylic acids is 1. The molecule has 8 heteroatoms. The number of urea groups is 1. The molecule has 2 N–H and O–H groups in total. The average molecular weight is 349 g/mol. The average Bonchev–Trinajstić information content (AvgIpc) is 2.91. The van der Waals surface area contributed by atoms with E-state index < -0.39 is 18.2 Å². The van der Waals surface area contributed by atoms with Gasteiger partial charge in [-0.3, -0.25) is 0 Å². The lowest BCUT2D eigenvalue weighted by molar-refractivity contribution is -0.0497. The third-order valence-electron chi connectivity index (χ3n) is 3.73. The molecule has 0 spiro atoms. The summed E-state index contributed by atoms with van der Waals surface area (Å²) < 4.78 is 28.9. The Morgan fingerprint density at radius 1 is 1.52 bits per heavy atom. The summed E-state index contributed by atoms with van der Waals surface area (Å²) in [4.78, 5) is 13.9. The van der Waals surface area contributed by atoms with E-state index in [1.54, 1.807) is 18.7 Å². The van der Waals surface area contributed by atoms with Crippen LogP contribution in [-0.4, -0.2) is 40.8 Å². The second-order valence-corrected chi connectivity index (χ2v) is 6.37. The second-order valence-electron chi connectivity index (χ2n) is 5.96. The van der Waals surface area contributed by atoms with Crippen LogP contribution < -0.4 is 10.1 Å². The van der Waals surface area contributed by atoms with E-state index in [4.69, 9.17) is 11.6 Å². The van der Waals surface area contributed by atoms with Crippen LogP contribution in [0.3, 0.4) is 0 Å². The zero-order valence-corrected chi connectivity index (χ0v) is 13.6. The minimum Gasteiger partial charge on any atom is -0.433 e. The van der Waals surface area contributed by atoms with Crippen molar-refractivity contribution in [3.63, 3.8) is 0 Å². The normalized spacial score (nSPS) is 18.4. The first-order valence-electron chi connectivity index (χ1n) is 7.23. The van der Waals surface area contributed by atoms with Crippen LogP contribution in [0.15, 0.2) is 18.2 Å². The Morgan fingerprint density at radius 2 is 2.22 bits per heavy atom. The van der Waals surface area contributed by atoms with Crippen LogP contribution in [0.5, 0.6) is 5.75 Å². The Labute approximate surface area is 138 Å². The molecule has 0 aliphatic carbocycles. The topological polar surface area (TPSA) is 61.8 Å². The summed E-state index contributed by atoms with van der Waals surface area (Å²) >= 11 is 5.77. The van der Waals surface area contributed by atoms with Gasteiger partial charge in [0.15, 0.2) is 0 Å². The second kappa shape index (κ2) is 6.88. The lowest BCUT2D eigenvalue weighted by Crippen LogP contribution is -2.49. The summed E-state index contributed by atoms with van der Waals surface area (Å²) in [6.07, 6.45) is 1.50. The number of carbonyl (C=O) groups is 1. The summed E-state index contributed by atoms with van der Waals surface area (Å²) in [7, 11) is 0. The number of nitrogens with one attached hydrogen (secondary N) is 1. The Kier molecular flexibility index (Phi) is 5.31. The molecule has 1 saturated heterocycles. The molecule has 0 saturated carbocycles. The molecular formula is C15H19ClF2N2O3. The van der Waals surface area contributed by atoms with Gasteiger partial charge in [-0.2, -0.15) is 8.78 Å². The van der Waals surface area contributed by atoms with Crippen molar-refractivity contribution in [2.24, 2.45) is 0 Å². The van der Waals surface area contributed by atoms with Crippen LogP contribution in [-0.2, 0) is 0 Å². The zero-order chi connectivity index (χ0) is 17.2. The number of nitrogens with zero attached hydrogens (tertiary/aromatic N) is 1. The molecule has 128 valence electrons. The van der Waals surface area contributed by atoms with Gasteiger partial charge in [-0.25, -0.2) is 4.79 Å². The highest BCUT2D eigenvalue weighted by Crippen LogP contribution is 2.31. The highest BCUT2D eigenvalue weighted by Gasteiger charge is 2.38. The van der Waals surface area contributed by atoms with Crippen molar-refractivity contribution < 1.29 is 23.4 Å². The highest BCUT2D eigenvalue weighted by atomic mass is 35.5. The van der Waals surface area contributed by atoms with Crippen molar-refractivity contribution in [3.05, 3.63) is 23.2 Å². The van der Waals surface area contributed by atoms with Crippen molar-refractivity contribution in [3.8, 4) is 5.75 Å². The molecule has 1 fully saturated rings. The summed E-state index contributed by atoms with van der Waals surface area (Å²) in [6, 6.07) is 3.40. The van der Waals surface area contributed by atoms with Crippen LogP contribution in [0.2, 0.25) is 5.02 Å². The number of likely N-dealkylation sites (tertiary alicyclic amines) is 1. The Bertz CT molecular complexity index is 578. The Hall–Kier alpha value is -1.60. The summed E-state index contributed by atoms with van der Waals surface area (Å²) in [5, 5.41) is 12.8. The van der Waals surface area contributed by atoms with E-state index in [2.05, 4.69) is 10.1 Å². The molecule has 5 nitrogen and oxygen atoms in total. The third kappa shape index (κ3) is 4.45. The lowest BCUT2D eigenvalue weighted by Gasteiger charge is -2.33. The van der Waals surface area contributed by atoms with E-state index >= 15 is 0 Å². The lowest BCUT2D eigenvalue weighted by atomic mass is 9.97. The number of benzene rings is 1. The number of ether oxygens (including phenoxy) is 1. The molecule has 2 amide bonds. The minimum absolute atomic E-state index is 0.0267. The number of anilines is 1. The fraction of sp³-hybridized carbons (Fsp3) is 0.533. The van der Waals surface area contributed by atoms with Crippen LogP contribution in [0.4, 0.5) is 19.3 Å². The number of aliphatic hydroxyl groups is 1. The van der Waals surface area contributed by atoms with Gasteiger partial charge in [0.1, 0.15) is 5.75 Å². The molecule has 1 aliphatic heterocycles. The van der Waals surface area contributed by atoms with Crippen molar-refractivity contribution in [2.75, 3.05) is 11.9 Å².